The molecule has 106 valence electrons. The van der Waals surface area contributed by atoms with E-state index in [2.05, 4.69) is 43.6 Å². The van der Waals surface area contributed by atoms with Gasteiger partial charge in [-0.05, 0) is 59.6 Å². The fourth-order valence-electron chi connectivity index (χ4n) is 2.78. The zero-order valence-electron chi connectivity index (χ0n) is 11.4. The molecule has 2 heterocycles. The molecule has 1 fully saturated rings. The molecule has 1 aliphatic heterocycles. The number of rotatable bonds is 3. The van der Waals surface area contributed by atoms with Crippen LogP contribution < -0.4 is 10.1 Å². The minimum absolute atomic E-state index is 0.564. The van der Waals surface area contributed by atoms with Gasteiger partial charge in [0.05, 0.1) is 17.8 Å². The van der Waals surface area contributed by atoms with Gasteiger partial charge in [-0.3, -0.25) is 5.10 Å². The van der Waals surface area contributed by atoms with Crippen LogP contribution >= 0.6 is 15.9 Å². The summed E-state index contributed by atoms with van der Waals surface area (Å²) in [5.74, 6) is 1.41. The smallest absolute Gasteiger partial charge is 0.133 e. The van der Waals surface area contributed by atoms with E-state index in [1.807, 2.05) is 12.3 Å². The first-order chi connectivity index (χ1) is 9.79. The van der Waals surface area contributed by atoms with E-state index in [-0.39, 0.29) is 0 Å². The molecule has 2 aromatic rings. The van der Waals surface area contributed by atoms with Gasteiger partial charge < -0.3 is 10.1 Å². The van der Waals surface area contributed by atoms with Crippen molar-refractivity contribution >= 4 is 15.9 Å². The quantitative estimate of drug-likeness (QED) is 0.904. The molecule has 2 N–H and O–H groups in total. The molecule has 1 aliphatic rings. The number of aromatic nitrogens is 2. The lowest BCUT2D eigenvalue weighted by Crippen LogP contribution is -2.27. The van der Waals surface area contributed by atoms with Gasteiger partial charge in [0.25, 0.3) is 0 Å². The van der Waals surface area contributed by atoms with Gasteiger partial charge in [-0.1, -0.05) is 6.07 Å². The number of benzene rings is 1. The van der Waals surface area contributed by atoms with Crippen molar-refractivity contribution in [1.82, 2.24) is 15.5 Å². The van der Waals surface area contributed by atoms with E-state index in [9.17, 15) is 0 Å². The number of hydrogen-bond acceptors (Lipinski definition) is 3. The monoisotopic (exact) mass is 335 g/mol. The Balaban J connectivity index is 1.94. The predicted octanol–water partition coefficient (Wildman–Crippen LogP) is 3.31. The number of halogens is 1. The van der Waals surface area contributed by atoms with E-state index in [1.54, 1.807) is 7.11 Å². The summed E-state index contributed by atoms with van der Waals surface area (Å²) < 4.78 is 6.25. The molecule has 0 radical (unpaired) electrons. The van der Waals surface area contributed by atoms with Crippen LogP contribution in [0.15, 0.2) is 28.9 Å². The van der Waals surface area contributed by atoms with Crippen molar-refractivity contribution in [1.29, 1.82) is 0 Å². The van der Waals surface area contributed by atoms with Crippen molar-refractivity contribution in [3.63, 3.8) is 0 Å². The Bertz CT molecular complexity index is 591. The number of nitrogens with zero attached hydrogens (tertiary/aromatic N) is 1. The van der Waals surface area contributed by atoms with Crippen LogP contribution in [-0.4, -0.2) is 30.4 Å². The van der Waals surface area contributed by atoms with Crippen LogP contribution in [0, 0.1) is 0 Å². The van der Waals surface area contributed by atoms with Crippen LogP contribution in [0.2, 0.25) is 0 Å². The van der Waals surface area contributed by atoms with Gasteiger partial charge in [0.15, 0.2) is 0 Å². The molecule has 3 rings (SSSR count). The maximum Gasteiger partial charge on any atom is 0.133 e. The van der Waals surface area contributed by atoms with Crippen LogP contribution in [0.5, 0.6) is 5.75 Å². The minimum Gasteiger partial charge on any atom is -0.496 e. The SMILES string of the molecule is COc1ccc(-c2cn[nH]c2C2CCNCC2)cc1Br. The van der Waals surface area contributed by atoms with Crippen molar-refractivity contribution in [2.45, 2.75) is 18.8 Å². The molecule has 20 heavy (non-hydrogen) atoms. The summed E-state index contributed by atoms with van der Waals surface area (Å²) in [5, 5.41) is 10.9. The van der Waals surface area contributed by atoms with Gasteiger partial charge in [-0.25, -0.2) is 0 Å². The van der Waals surface area contributed by atoms with Crippen LogP contribution in [0.1, 0.15) is 24.5 Å². The van der Waals surface area contributed by atoms with Gasteiger partial charge in [0, 0.05) is 17.2 Å². The van der Waals surface area contributed by atoms with E-state index in [0.717, 1.165) is 36.2 Å². The normalized spacial score (nSPS) is 16.3. The predicted molar refractivity (Wildman–Crippen MR) is 83.1 cm³/mol. The standard InChI is InChI=1S/C15H18BrN3O/c1-20-14-3-2-11(8-13(14)16)12-9-18-19-15(12)10-4-6-17-7-5-10/h2-3,8-10,17H,4-7H2,1H3,(H,18,19). The van der Waals surface area contributed by atoms with Crippen LogP contribution in [-0.2, 0) is 0 Å². The van der Waals surface area contributed by atoms with E-state index in [0.29, 0.717) is 5.92 Å². The summed E-state index contributed by atoms with van der Waals surface area (Å²) >= 11 is 3.55. The number of hydrogen-bond donors (Lipinski definition) is 2. The molecule has 1 aromatic heterocycles. The van der Waals surface area contributed by atoms with Crippen molar-refractivity contribution < 1.29 is 4.74 Å². The number of H-pyrrole nitrogens is 1. The molecular weight excluding hydrogens is 318 g/mol. The Morgan fingerprint density at radius 2 is 2.10 bits per heavy atom. The average molecular weight is 336 g/mol. The van der Waals surface area contributed by atoms with E-state index < -0.39 is 0 Å². The largest absolute Gasteiger partial charge is 0.496 e. The summed E-state index contributed by atoms with van der Waals surface area (Å²) in [4.78, 5) is 0. The molecule has 4 nitrogen and oxygen atoms in total. The highest BCUT2D eigenvalue weighted by Crippen LogP contribution is 2.35. The Labute approximate surface area is 127 Å². The fourth-order valence-corrected chi connectivity index (χ4v) is 3.32. The first-order valence-electron chi connectivity index (χ1n) is 6.87. The van der Waals surface area contributed by atoms with Gasteiger partial charge in [-0.2, -0.15) is 5.10 Å². The van der Waals surface area contributed by atoms with Crippen LogP contribution in [0.25, 0.3) is 11.1 Å². The minimum atomic E-state index is 0.564. The zero-order chi connectivity index (χ0) is 13.9. The zero-order valence-corrected chi connectivity index (χ0v) is 13.0. The molecule has 1 saturated heterocycles. The van der Waals surface area contributed by atoms with Gasteiger partial charge in [0.1, 0.15) is 5.75 Å². The molecule has 0 unspecified atom stereocenters. The Morgan fingerprint density at radius 1 is 1.30 bits per heavy atom. The molecule has 1 aromatic carbocycles. The molecule has 0 spiro atoms. The maximum absolute atomic E-state index is 5.29. The number of aromatic amines is 1. The molecule has 0 atom stereocenters. The summed E-state index contributed by atoms with van der Waals surface area (Å²) in [6, 6.07) is 6.16. The molecular formula is C15H18BrN3O. The fraction of sp³-hybridized carbons (Fsp3) is 0.400. The topological polar surface area (TPSA) is 49.9 Å². The molecule has 0 amide bonds. The molecule has 5 heteroatoms. The lowest BCUT2D eigenvalue weighted by atomic mass is 9.90. The summed E-state index contributed by atoms with van der Waals surface area (Å²) in [5.41, 5.74) is 3.61. The Morgan fingerprint density at radius 3 is 2.80 bits per heavy atom. The van der Waals surface area contributed by atoms with Gasteiger partial charge >= 0.3 is 0 Å². The van der Waals surface area contributed by atoms with Gasteiger partial charge in [0.2, 0.25) is 0 Å². The van der Waals surface area contributed by atoms with Crippen molar-refractivity contribution in [2.24, 2.45) is 0 Å². The molecule has 0 bridgehead atoms. The second kappa shape index (κ2) is 5.97. The van der Waals surface area contributed by atoms with Crippen molar-refractivity contribution in [2.75, 3.05) is 20.2 Å². The van der Waals surface area contributed by atoms with Crippen molar-refractivity contribution in [3.8, 4) is 16.9 Å². The highest BCUT2D eigenvalue weighted by molar-refractivity contribution is 9.10. The molecule has 0 saturated carbocycles. The second-order valence-electron chi connectivity index (χ2n) is 5.07. The third-order valence-electron chi connectivity index (χ3n) is 3.88. The molecule has 0 aliphatic carbocycles. The third kappa shape index (κ3) is 2.60. The van der Waals surface area contributed by atoms with Crippen LogP contribution in [0.4, 0.5) is 0 Å². The number of ether oxygens (including phenoxy) is 1. The number of nitrogens with one attached hydrogen (secondary N) is 2. The summed E-state index contributed by atoms with van der Waals surface area (Å²) in [7, 11) is 1.68. The van der Waals surface area contributed by atoms with Crippen LogP contribution in [0.3, 0.4) is 0 Å². The third-order valence-corrected chi connectivity index (χ3v) is 4.50. The Hall–Kier alpha value is -1.33. The highest BCUT2D eigenvalue weighted by atomic mass is 79.9. The van der Waals surface area contributed by atoms with Gasteiger partial charge in [-0.15, -0.1) is 0 Å². The Kier molecular flexibility index (Phi) is 4.08. The van der Waals surface area contributed by atoms with Crippen molar-refractivity contribution in [3.05, 3.63) is 34.6 Å². The summed E-state index contributed by atoms with van der Waals surface area (Å²) in [6.45, 7) is 2.16. The van der Waals surface area contributed by atoms with E-state index in [4.69, 9.17) is 4.74 Å². The van der Waals surface area contributed by atoms with E-state index in [1.165, 1.54) is 16.8 Å². The number of methoxy groups -OCH3 is 1. The first-order valence-corrected chi connectivity index (χ1v) is 7.67. The van der Waals surface area contributed by atoms with E-state index >= 15 is 0 Å². The second-order valence-corrected chi connectivity index (χ2v) is 5.93. The lowest BCUT2D eigenvalue weighted by Gasteiger charge is -2.22. The highest BCUT2D eigenvalue weighted by Gasteiger charge is 2.21. The number of piperidine rings is 1. The average Bonchev–Trinajstić information content (AvgIpc) is 2.97. The maximum atomic E-state index is 5.29. The first kappa shape index (κ1) is 13.6. The summed E-state index contributed by atoms with van der Waals surface area (Å²) in [6.07, 6.45) is 4.24. The lowest BCUT2D eigenvalue weighted by molar-refractivity contribution is 0.412.